The Morgan fingerprint density at radius 1 is 0.463 bits per heavy atom. The van der Waals surface area contributed by atoms with Crippen LogP contribution in [0.2, 0.25) is 13.1 Å². The largest absolute Gasteiger partial charge is 1.00 e. The van der Waals surface area contributed by atoms with Crippen LogP contribution in [0.4, 0.5) is 0 Å². The maximum atomic E-state index is 2.68. The van der Waals surface area contributed by atoms with E-state index in [-0.39, 0.29) is 31.1 Å². The first kappa shape index (κ1) is 44.0. The van der Waals surface area contributed by atoms with Gasteiger partial charge in [-0.05, 0) is 0 Å². The second-order valence-corrected chi connectivity index (χ2v) is 40.6. The molecule has 0 N–H and O–H groups in total. The molecule has 287 valence electrons. The van der Waals surface area contributed by atoms with Crippen molar-refractivity contribution in [1.82, 2.24) is 0 Å². The molecule has 0 spiro atoms. The predicted molar refractivity (Wildman–Crippen MR) is 230 cm³/mol. The van der Waals surface area contributed by atoms with Crippen LogP contribution in [0.1, 0.15) is 149 Å². The topological polar surface area (TPSA) is 0 Å². The summed E-state index contributed by atoms with van der Waals surface area (Å²) in [6, 6.07) is 29.4. The summed E-state index contributed by atoms with van der Waals surface area (Å²) in [6.45, 7) is 38.5. The van der Waals surface area contributed by atoms with Crippen molar-refractivity contribution in [1.29, 1.82) is 0 Å². The third kappa shape index (κ3) is 8.37. The number of benzene rings is 4. The van der Waals surface area contributed by atoms with Gasteiger partial charge in [0.05, 0.1) is 0 Å². The first-order chi connectivity index (χ1) is 24.0. The van der Waals surface area contributed by atoms with Gasteiger partial charge in [-0.2, -0.15) is 0 Å². The molecule has 2 aliphatic rings. The average Bonchev–Trinajstić information content (AvgIpc) is 3.54. The standard InChI is InChI=1S/2C24H29.C2H7Si.2FH.Zr/c2*1-16-11-17-9-8-10-21(22(17)12-16)18-13-19(23(2,3)4)15-20(14-18)24(5,6)7;1-3-2;;;/h2*8-15H,1-7H3;3H,1-2H3;2*1H;/q;;;;;+2/p-2. The molecule has 2 unspecified atom stereocenters. The van der Waals surface area contributed by atoms with Crippen LogP contribution in [0.25, 0.3) is 34.4 Å². The van der Waals surface area contributed by atoms with E-state index in [2.05, 4.69) is 195 Å². The number of halogens is 2. The molecule has 0 bridgehead atoms. The van der Waals surface area contributed by atoms with Crippen LogP contribution >= 0.6 is 0 Å². The molecule has 0 saturated heterocycles. The number of hydrogen-bond donors (Lipinski definition) is 0. The summed E-state index contributed by atoms with van der Waals surface area (Å²) in [7, 11) is 0. The first-order valence-electron chi connectivity index (χ1n) is 19.8. The molecular formula is C50H65F2SiZr. The van der Waals surface area contributed by atoms with Crippen molar-refractivity contribution in [2.45, 2.75) is 139 Å². The van der Waals surface area contributed by atoms with Crippen molar-refractivity contribution in [2.75, 3.05) is 0 Å². The summed E-state index contributed by atoms with van der Waals surface area (Å²) >= 11 is -2.19. The first-order valence-corrected chi connectivity index (χ1v) is 29.8. The Kier molecular flexibility index (Phi) is 12.5. The molecule has 0 fully saturated rings. The molecule has 6 rings (SSSR count). The maximum absolute atomic E-state index is 2.68. The van der Waals surface area contributed by atoms with Crippen molar-refractivity contribution < 1.29 is 30.3 Å². The fraction of sp³-hybridized carbons (Fsp3) is 0.440. The summed E-state index contributed by atoms with van der Waals surface area (Å²) in [5.74, 6) is -0.974. The quantitative estimate of drug-likeness (QED) is 0.178. The van der Waals surface area contributed by atoms with Crippen LogP contribution in [0.15, 0.2) is 83.9 Å². The van der Waals surface area contributed by atoms with Crippen molar-refractivity contribution in [2.24, 2.45) is 0 Å². The Morgan fingerprint density at radius 2 is 0.759 bits per heavy atom. The molecule has 4 aromatic carbocycles. The summed E-state index contributed by atoms with van der Waals surface area (Å²) in [5, 5.41) is 0. The Labute approximate surface area is 336 Å². The van der Waals surface area contributed by atoms with E-state index in [0.717, 1.165) is 0 Å². The van der Waals surface area contributed by atoms with Crippen molar-refractivity contribution in [3.8, 4) is 22.3 Å². The minimum absolute atomic E-state index is 0. The molecule has 0 aliphatic heterocycles. The zero-order valence-corrected chi connectivity index (χ0v) is 39.7. The number of fused-ring (bicyclic) bond motifs is 2. The van der Waals surface area contributed by atoms with Crippen molar-refractivity contribution in [3.63, 3.8) is 0 Å². The van der Waals surface area contributed by atoms with Gasteiger partial charge in [0.2, 0.25) is 0 Å². The number of rotatable bonds is 5. The molecule has 0 saturated carbocycles. The van der Waals surface area contributed by atoms with Crippen molar-refractivity contribution in [3.05, 3.63) is 128 Å². The monoisotopic (exact) mass is 821 g/mol. The van der Waals surface area contributed by atoms with Crippen molar-refractivity contribution >= 4 is 18.1 Å². The molecular weight excluding hydrogens is 758 g/mol. The third-order valence-electron chi connectivity index (χ3n) is 11.8. The van der Waals surface area contributed by atoms with Gasteiger partial charge in [0.15, 0.2) is 0 Å². The molecule has 0 nitrogen and oxygen atoms in total. The SMILES string of the molecule is CC1=Cc2c(-c3cc(C(C)(C)C)cc(C(C)(C)C)c3)cccc2[CH]1[Zr+2]([CH]1C(C)=Cc2c(-c3cc(C(C)(C)C)cc(C(C)(C)C)c3)cccc21)[SiH](C)C.[F-].[F-]. The number of allylic oxidation sites excluding steroid dienone is 2. The molecule has 0 aromatic heterocycles. The normalized spacial score (nSPS) is 17.0. The van der Waals surface area contributed by atoms with E-state index in [9.17, 15) is 0 Å². The van der Waals surface area contributed by atoms with E-state index in [1.165, 1.54) is 55.6 Å². The molecule has 54 heavy (non-hydrogen) atoms. The van der Waals surface area contributed by atoms with Gasteiger partial charge in [-0.25, -0.2) is 0 Å². The van der Waals surface area contributed by atoms with E-state index >= 15 is 0 Å². The van der Waals surface area contributed by atoms with E-state index in [1.54, 1.807) is 22.3 Å². The van der Waals surface area contributed by atoms with Gasteiger partial charge in [-0.1, -0.05) is 0 Å². The number of hydrogen-bond acceptors (Lipinski definition) is 0. The van der Waals surface area contributed by atoms with Crippen LogP contribution in [0.5, 0.6) is 0 Å². The Balaban J connectivity index is 0.00000325. The molecule has 4 aromatic rings. The molecule has 4 heteroatoms. The van der Waals surface area contributed by atoms with Gasteiger partial charge >= 0.3 is 329 Å². The third-order valence-corrected chi connectivity index (χ3v) is 34.0. The zero-order chi connectivity index (χ0) is 38.3. The van der Waals surface area contributed by atoms with Gasteiger partial charge in [0, 0.05) is 0 Å². The van der Waals surface area contributed by atoms with Crippen LogP contribution in [-0.2, 0) is 42.6 Å². The van der Waals surface area contributed by atoms with Gasteiger partial charge in [-0.3, -0.25) is 0 Å². The van der Waals surface area contributed by atoms with Crippen LogP contribution in [0, 0.1) is 0 Å². The van der Waals surface area contributed by atoms with E-state index in [4.69, 9.17) is 0 Å². The Hall–Kier alpha value is -2.68. The average molecular weight is 823 g/mol. The minimum Gasteiger partial charge on any atom is -1.00 e. The van der Waals surface area contributed by atoms with Gasteiger partial charge < -0.3 is 9.41 Å². The van der Waals surface area contributed by atoms with Crippen LogP contribution in [0.3, 0.4) is 0 Å². The van der Waals surface area contributed by atoms with E-state index in [0.29, 0.717) is 7.25 Å². The maximum Gasteiger partial charge on any atom is -1.00 e. The molecule has 0 heterocycles. The zero-order valence-electron chi connectivity index (χ0n) is 36.1. The smallest absolute Gasteiger partial charge is 1.00 e. The fourth-order valence-corrected chi connectivity index (χ4v) is 31.8. The van der Waals surface area contributed by atoms with E-state index < -0.39 is 26.8 Å². The van der Waals surface area contributed by atoms with E-state index in [1.807, 2.05) is 0 Å². The molecule has 0 amide bonds. The summed E-state index contributed by atoms with van der Waals surface area (Å²) in [6.07, 6.45) is 5.20. The molecule has 2 aliphatic carbocycles. The Morgan fingerprint density at radius 3 is 1.02 bits per heavy atom. The van der Waals surface area contributed by atoms with Crippen LogP contribution in [-0.4, -0.2) is 5.92 Å². The fourth-order valence-electron chi connectivity index (χ4n) is 8.62. The second-order valence-electron chi connectivity index (χ2n) is 20.5. The van der Waals surface area contributed by atoms with Gasteiger partial charge in [0.1, 0.15) is 0 Å². The summed E-state index contributed by atoms with van der Waals surface area (Å²) in [4.78, 5) is 0. The summed E-state index contributed by atoms with van der Waals surface area (Å²) < 4.78 is 1.24. The van der Waals surface area contributed by atoms with Gasteiger partial charge in [0.25, 0.3) is 0 Å². The van der Waals surface area contributed by atoms with Crippen LogP contribution < -0.4 is 9.41 Å². The second kappa shape index (κ2) is 15.3. The molecule has 0 radical (unpaired) electrons. The molecule has 2 atom stereocenters. The van der Waals surface area contributed by atoms with Gasteiger partial charge in [-0.15, -0.1) is 0 Å². The summed E-state index contributed by atoms with van der Waals surface area (Å²) in [5.41, 5.74) is 21.1. The minimum atomic E-state index is -2.19. The Bertz CT molecular complexity index is 1880. The predicted octanol–water partition coefficient (Wildman–Crippen LogP) is 8.44.